The molecule has 84 valence electrons. The number of esters is 1. The number of fused-ring (bicyclic) bond motifs is 2. The Hall–Kier alpha value is -1.51. The number of carbonyl (C=O) groups excluding carboxylic acids is 1. The van der Waals surface area contributed by atoms with Crippen LogP contribution in [0.1, 0.15) is 24.5 Å². The summed E-state index contributed by atoms with van der Waals surface area (Å²) in [6.45, 7) is 2.27. The smallest absolute Gasteiger partial charge is 0.309 e. The van der Waals surface area contributed by atoms with Crippen LogP contribution in [0.5, 0.6) is 5.75 Å². The maximum atomic E-state index is 11.6. The van der Waals surface area contributed by atoms with Gasteiger partial charge in [0.1, 0.15) is 5.75 Å². The lowest BCUT2D eigenvalue weighted by molar-refractivity contribution is -0.145. The first-order valence-electron chi connectivity index (χ1n) is 5.66. The Morgan fingerprint density at radius 1 is 1.62 bits per heavy atom. The molecule has 1 fully saturated rings. The highest BCUT2D eigenvalue weighted by molar-refractivity contribution is 5.81. The standard InChI is InChI=1S/C13H14O3/c1-2-16-12(15)11-7-13(11)6-8-3-4-9(14)5-10(8)13/h3-5,11,14H,2,6-7H2,1H3. The summed E-state index contributed by atoms with van der Waals surface area (Å²) in [6.07, 6.45) is 1.83. The molecule has 3 nitrogen and oxygen atoms in total. The lowest BCUT2D eigenvalue weighted by Gasteiger charge is -2.31. The Kier molecular flexibility index (Phi) is 1.82. The lowest BCUT2D eigenvalue weighted by atomic mass is 9.73. The van der Waals surface area contributed by atoms with Crippen molar-refractivity contribution in [3.8, 4) is 5.75 Å². The molecule has 2 unspecified atom stereocenters. The van der Waals surface area contributed by atoms with Gasteiger partial charge in [0, 0.05) is 5.41 Å². The quantitative estimate of drug-likeness (QED) is 0.769. The van der Waals surface area contributed by atoms with Crippen LogP contribution in [0.15, 0.2) is 18.2 Å². The molecule has 0 aliphatic heterocycles. The summed E-state index contributed by atoms with van der Waals surface area (Å²) in [6, 6.07) is 5.43. The fourth-order valence-electron chi connectivity index (χ4n) is 2.86. The first-order chi connectivity index (χ1) is 7.67. The van der Waals surface area contributed by atoms with Gasteiger partial charge >= 0.3 is 5.97 Å². The summed E-state index contributed by atoms with van der Waals surface area (Å²) in [5.74, 6) is 0.213. The van der Waals surface area contributed by atoms with Gasteiger partial charge < -0.3 is 9.84 Å². The fourth-order valence-corrected chi connectivity index (χ4v) is 2.86. The minimum atomic E-state index is -0.0866. The van der Waals surface area contributed by atoms with Crippen LogP contribution in [0.4, 0.5) is 0 Å². The van der Waals surface area contributed by atoms with Crippen LogP contribution in [0, 0.1) is 5.92 Å². The third-order valence-corrected chi connectivity index (χ3v) is 3.78. The zero-order valence-electron chi connectivity index (χ0n) is 9.19. The predicted octanol–water partition coefficient (Wildman–Crippen LogP) is 1.77. The normalized spacial score (nSPS) is 29.4. The van der Waals surface area contributed by atoms with E-state index in [2.05, 4.69) is 0 Å². The number of hydrogen-bond donors (Lipinski definition) is 1. The molecule has 0 amide bonds. The second kappa shape index (κ2) is 3.00. The number of benzene rings is 1. The molecule has 1 aromatic carbocycles. The number of hydrogen-bond acceptors (Lipinski definition) is 3. The Morgan fingerprint density at radius 2 is 2.44 bits per heavy atom. The van der Waals surface area contributed by atoms with E-state index in [1.807, 2.05) is 13.0 Å². The number of carbonyl (C=O) groups is 1. The number of phenolic OH excluding ortho intramolecular Hbond substituents is 1. The van der Waals surface area contributed by atoms with Gasteiger partial charge in [0.25, 0.3) is 0 Å². The van der Waals surface area contributed by atoms with Crippen LogP contribution in [0.2, 0.25) is 0 Å². The molecule has 0 saturated heterocycles. The molecular formula is C13H14O3. The highest BCUT2D eigenvalue weighted by Gasteiger charge is 2.65. The van der Waals surface area contributed by atoms with Gasteiger partial charge in [-0.05, 0) is 43.0 Å². The van der Waals surface area contributed by atoms with E-state index in [-0.39, 0.29) is 23.1 Å². The molecular weight excluding hydrogens is 204 g/mol. The molecule has 1 spiro atoms. The maximum Gasteiger partial charge on any atom is 0.309 e. The zero-order valence-corrected chi connectivity index (χ0v) is 9.19. The predicted molar refractivity (Wildman–Crippen MR) is 58.2 cm³/mol. The third kappa shape index (κ3) is 1.11. The van der Waals surface area contributed by atoms with Gasteiger partial charge in [-0.15, -0.1) is 0 Å². The average Bonchev–Trinajstić information content (AvgIpc) is 2.98. The van der Waals surface area contributed by atoms with E-state index in [1.54, 1.807) is 12.1 Å². The molecule has 1 aromatic rings. The minimum Gasteiger partial charge on any atom is -0.508 e. The zero-order chi connectivity index (χ0) is 11.3. The Bertz CT molecular complexity index is 466. The van der Waals surface area contributed by atoms with Crippen molar-refractivity contribution in [1.82, 2.24) is 0 Å². The van der Waals surface area contributed by atoms with Gasteiger partial charge in [-0.1, -0.05) is 6.07 Å². The second-order valence-electron chi connectivity index (χ2n) is 4.68. The van der Waals surface area contributed by atoms with Crippen LogP contribution in [0.25, 0.3) is 0 Å². The van der Waals surface area contributed by atoms with Gasteiger partial charge in [0.05, 0.1) is 12.5 Å². The van der Waals surface area contributed by atoms with Crippen LogP contribution in [-0.4, -0.2) is 17.7 Å². The fraction of sp³-hybridized carbons (Fsp3) is 0.462. The van der Waals surface area contributed by atoms with E-state index < -0.39 is 0 Å². The van der Waals surface area contributed by atoms with Gasteiger partial charge in [0.15, 0.2) is 0 Å². The SMILES string of the molecule is CCOC(=O)C1CC12Cc1ccc(O)cc12. The van der Waals surface area contributed by atoms with E-state index in [0.29, 0.717) is 6.61 Å². The van der Waals surface area contributed by atoms with Crippen molar-refractivity contribution < 1.29 is 14.6 Å². The molecule has 0 bridgehead atoms. The number of phenols is 1. The van der Waals surface area contributed by atoms with Gasteiger partial charge in [0.2, 0.25) is 0 Å². The number of ether oxygens (including phenoxy) is 1. The van der Waals surface area contributed by atoms with Crippen molar-refractivity contribution in [3.63, 3.8) is 0 Å². The molecule has 16 heavy (non-hydrogen) atoms. The summed E-state index contributed by atoms with van der Waals surface area (Å²) in [5.41, 5.74) is 2.40. The summed E-state index contributed by atoms with van der Waals surface area (Å²) in [7, 11) is 0. The summed E-state index contributed by atoms with van der Waals surface area (Å²) >= 11 is 0. The molecule has 3 heteroatoms. The summed E-state index contributed by atoms with van der Waals surface area (Å²) in [5, 5.41) is 9.44. The highest BCUT2D eigenvalue weighted by Crippen LogP contribution is 2.64. The van der Waals surface area contributed by atoms with E-state index in [4.69, 9.17) is 4.74 Å². The van der Waals surface area contributed by atoms with Crippen LogP contribution >= 0.6 is 0 Å². The van der Waals surface area contributed by atoms with E-state index in [0.717, 1.165) is 18.4 Å². The van der Waals surface area contributed by atoms with E-state index >= 15 is 0 Å². The first kappa shape index (κ1) is 9.70. The number of rotatable bonds is 2. The van der Waals surface area contributed by atoms with Crippen molar-refractivity contribution in [1.29, 1.82) is 0 Å². The first-order valence-corrected chi connectivity index (χ1v) is 5.66. The molecule has 3 rings (SSSR count). The molecule has 2 aliphatic rings. The second-order valence-corrected chi connectivity index (χ2v) is 4.68. The monoisotopic (exact) mass is 218 g/mol. The Labute approximate surface area is 94.0 Å². The molecule has 0 radical (unpaired) electrons. The number of aromatic hydroxyl groups is 1. The molecule has 0 heterocycles. The molecule has 0 aromatic heterocycles. The van der Waals surface area contributed by atoms with Crippen LogP contribution in [0.3, 0.4) is 0 Å². The Morgan fingerprint density at radius 3 is 3.19 bits per heavy atom. The lowest BCUT2D eigenvalue weighted by Crippen LogP contribution is -2.29. The van der Waals surface area contributed by atoms with Crippen LogP contribution in [-0.2, 0) is 21.4 Å². The molecule has 1 N–H and O–H groups in total. The highest BCUT2D eigenvalue weighted by atomic mass is 16.5. The average molecular weight is 218 g/mol. The third-order valence-electron chi connectivity index (χ3n) is 3.78. The van der Waals surface area contributed by atoms with Crippen LogP contribution < -0.4 is 0 Å². The van der Waals surface area contributed by atoms with Crippen molar-refractivity contribution in [2.75, 3.05) is 6.61 Å². The van der Waals surface area contributed by atoms with Gasteiger partial charge in [-0.25, -0.2) is 0 Å². The molecule has 2 aliphatic carbocycles. The topological polar surface area (TPSA) is 46.5 Å². The molecule has 2 atom stereocenters. The van der Waals surface area contributed by atoms with E-state index in [9.17, 15) is 9.90 Å². The van der Waals surface area contributed by atoms with Gasteiger partial charge in [-0.2, -0.15) is 0 Å². The van der Waals surface area contributed by atoms with Crippen molar-refractivity contribution in [2.45, 2.75) is 25.2 Å². The van der Waals surface area contributed by atoms with Crippen molar-refractivity contribution in [2.24, 2.45) is 5.92 Å². The maximum absolute atomic E-state index is 11.6. The summed E-state index contributed by atoms with van der Waals surface area (Å²) in [4.78, 5) is 11.6. The summed E-state index contributed by atoms with van der Waals surface area (Å²) < 4.78 is 5.04. The minimum absolute atomic E-state index is 0.000324. The van der Waals surface area contributed by atoms with Gasteiger partial charge in [-0.3, -0.25) is 4.79 Å². The molecule has 1 saturated carbocycles. The largest absolute Gasteiger partial charge is 0.508 e. The van der Waals surface area contributed by atoms with E-state index in [1.165, 1.54) is 5.56 Å². The van der Waals surface area contributed by atoms with Crippen molar-refractivity contribution in [3.05, 3.63) is 29.3 Å². The van der Waals surface area contributed by atoms with Crippen molar-refractivity contribution >= 4 is 5.97 Å². The Balaban J connectivity index is 1.84.